The Labute approximate surface area is 102 Å². The van der Waals surface area contributed by atoms with Gasteiger partial charge in [0, 0.05) is 22.6 Å². The van der Waals surface area contributed by atoms with Crippen LogP contribution >= 0.6 is 11.8 Å². The minimum atomic E-state index is 0.172. The molecule has 3 fully saturated rings. The number of fused-ring (bicyclic) bond motifs is 1. The molecule has 0 radical (unpaired) electrons. The fourth-order valence-corrected chi connectivity index (χ4v) is 5.89. The highest BCUT2D eigenvalue weighted by Crippen LogP contribution is 2.59. The van der Waals surface area contributed by atoms with Crippen molar-refractivity contribution < 1.29 is 4.79 Å². The first kappa shape index (κ1) is 10.9. The molecule has 2 aliphatic heterocycles. The van der Waals surface area contributed by atoms with Gasteiger partial charge >= 0.3 is 0 Å². The molecular formula is C13H21NOS. The summed E-state index contributed by atoms with van der Waals surface area (Å²) in [5.74, 6) is 1.56. The van der Waals surface area contributed by atoms with Crippen LogP contribution in [-0.4, -0.2) is 22.4 Å². The molecule has 3 rings (SSSR count). The molecule has 1 aliphatic carbocycles. The summed E-state index contributed by atoms with van der Waals surface area (Å²) in [6.07, 6.45) is 8.46. The highest BCUT2D eigenvalue weighted by molar-refractivity contribution is 8.00. The number of thioether (sulfide) groups is 1. The van der Waals surface area contributed by atoms with E-state index in [9.17, 15) is 4.79 Å². The highest BCUT2D eigenvalue weighted by Gasteiger charge is 2.61. The Morgan fingerprint density at radius 3 is 2.62 bits per heavy atom. The smallest absolute Gasteiger partial charge is 0.221 e. The van der Waals surface area contributed by atoms with Crippen LogP contribution in [0.25, 0.3) is 0 Å². The van der Waals surface area contributed by atoms with Gasteiger partial charge in [0.2, 0.25) is 5.91 Å². The fourth-order valence-electron chi connectivity index (χ4n) is 4.31. The lowest BCUT2D eigenvalue weighted by atomic mass is 9.61. The molecule has 1 saturated carbocycles. The molecule has 3 aliphatic rings. The molecule has 2 spiro atoms. The second kappa shape index (κ2) is 3.66. The topological polar surface area (TPSA) is 29.1 Å². The average molecular weight is 239 g/mol. The van der Waals surface area contributed by atoms with E-state index in [2.05, 4.69) is 24.0 Å². The van der Waals surface area contributed by atoms with Gasteiger partial charge in [0.1, 0.15) is 0 Å². The standard InChI is InChI=1S/C13H21NOS/c1-10-12(7-8-16-10)9-11(15)14-13(12)5-3-2-4-6-13/h10H,2-9H2,1H3,(H,14,15). The van der Waals surface area contributed by atoms with Crippen molar-refractivity contribution in [3.63, 3.8) is 0 Å². The lowest BCUT2D eigenvalue weighted by Gasteiger charge is -2.47. The number of hydrogen-bond donors (Lipinski definition) is 1. The van der Waals surface area contributed by atoms with Crippen LogP contribution in [0, 0.1) is 5.41 Å². The maximum atomic E-state index is 11.9. The molecule has 3 heteroatoms. The van der Waals surface area contributed by atoms with Gasteiger partial charge in [-0.2, -0.15) is 11.8 Å². The molecule has 1 N–H and O–H groups in total. The summed E-state index contributed by atoms with van der Waals surface area (Å²) in [6.45, 7) is 2.34. The summed E-state index contributed by atoms with van der Waals surface area (Å²) < 4.78 is 0. The largest absolute Gasteiger partial charge is 0.350 e. The van der Waals surface area contributed by atoms with E-state index >= 15 is 0 Å². The molecule has 0 bridgehead atoms. The van der Waals surface area contributed by atoms with E-state index in [-0.39, 0.29) is 11.0 Å². The van der Waals surface area contributed by atoms with Gasteiger partial charge in [-0.25, -0.2) is 0 Å². The number of rotatable bonds is 0. The maximum absolute atomic E-state index is 11.9. The van der Waals surface area contributed by atoms with Crippen molar-refractivity contribution in [3.8, 4) is 0 Å². The van der Waals surface area contributed by atoms with Crippen LogP contribution in [0.4, 0.5) is 0 Å². The molecule has 2 nitrogen and oxygen atoms in total. The van der Waals surface area contributed by atoms with E-state index in [4.69, 9.17) is 0 Å². The number of carbonyl (C=O) groups excluding carboxylic acids is 1. The van der Waals surface area contributed by atoms with Gasteiger partial charge in [-0.3, -0.25) is 4.79 Å². The summed E-state index contributed by atoms with van der Waals surface area (Å²) in [5, 5.41) is 4.04. The molecule has 1 amide bonds. The van der Waals surface area contributed by atoms with Crippen molar-refractivity contribution in [3.05, 3.63) is 0 Å². The van der Waals surface area contributed by atoms with E-state index in [1.54, 1.807) is 0 Å². The molecule has 2 unspecified atom stereocenters. The third-order valence-electron chi connectivity index (χ3n) is 5.21. The van der Waals surface area contributed by atoms with Gasteiger partial charge in [-0.15, -0.1) is 0 Å². The monoisotopic (exact) mass is 239 g/mol. The van der Waals surface area contributed by atoms with Crippen molar-refractivity contribution in [2.24, 2.45) is 5.41 Å². The van der Waals surface area contributed by atoms with Crippen molar-refractivity contribution in [2.45, 2.75) is 62.7 Å². The maximum Gasteiger partial charge on any atom is 0.221 e. The first-order chi connectivity index (χ1) is 7.69. The Hall–Kier alpha value is -0.180. The molecule has 16 heavy (non-hydrogen) atoms. The molecule has 90 valence electrons. The minimum absolute atomic E-state index is 0.172. The number of carbonyl (C=O) groups is 1. The zero-order valence-corrected chi connectivity index (χ0v) is 10.9. The van der Waals surface area contributed by atoms with Gasteiger partial charge < -0.3 is 5.32 Å². The first-order valence-electron chi connectivity index (χ1n) is 6.61. The van der Waals surface area contributed by atoms with Crippen LogP contribution in [-0.2, 0) is 4.79 Å². The number of nitrogens with one attached hydrogen (secondary N) is 1. The molecule has 2 saturated heterocycles. The molecule has 2 atom stereocenters. The summed E-state index contributed by atoms with van der Waals surface area (Å²) in [7, 11) is 0. The van der Waals surface area contributed by atoms with E-state index in [0.29, 0.717) is 11.2 Å². The summed E-state index contributed by atoms with van der Waals surface area (Å²) >= 11 is 2.07. The third kappa shape index (κ3) is 1.30. The van der Waals surface area contributed by atoms with Gasteiger partial charge in [-0.1, -0.05) is 26.2 Å². The van der Waals surface area contributed by atoms with Crippen molar-refractivity contribution >= 4 is 17.7 Å². The quantitative estimate of drug-likeness (QED) is 0.704. The summed E-state index contributed by atoms with van der Waals surface area (Å²) in [4.78, 5) is 11.9. The van der Waals surface area contributed by atoms with Crippen LogP contribution in [0.1, 0.15) is 51.9 Å². The third-order valence-corrected chi connectivity index (χ3v) is 6.60. The second-order valence-corrected chi connectivity index (χ2v) is 7.24. The molecule has 2 heterocycles. The van der Waals surface area contributed by atoms with E-state index < -0.39 is 0 Å². The summed E-state index contributed by atoms with van der Waals surface area (Å²) in [5.41, 5.74) is 0.459. The summed E-state index contributed by atoms with van der Waals surface area (Å²) in [6, 6.07) is 0. The first-order valence-corrected chi connectivity index (χ1v) is 7.66. The van der Waals surface area contributed by atoms with Crippen LogP contribution in [0.15, 0.2) is 0 Å². The number of amides is 1. The van der Waals surface area contributed by atoms with Gasteiger partial charge in [-0.05, 0) is 25.0 Å². The fraction of sp³-hybridized carbons (Fsp3) is 0.923. The van der Waals surface area contributed by atoms with Crippen LogP contribution in [0.5, 0.6) is 0 Å². The Morgan fingerprint density at radius 2 is 2.00 bits per heavy atom. The zero-order chi connectivity index (χ0) is 11.2. The molecule has 0 aromatic carbocycles. The zero-order valence-electron chi connectivity index (χ0n) is 10.1. The molecular weight excluding hydrogens is 218 g/mol. The SMILES string of the molecule is CC1SCCC12CC(=O)NC21CCCCC1. The van der Waals surface area contributed by atoms with E-state index in [1.807, 2.05) is 0 Å². The van der Waals surface area contributed by atoms with Crippen LogP contribution < -0.4 is 5.32 Å². The Bertz CT molecular complexity index is 311. The molecule has 0 aromatic rings. The van der Waals surface area contributed by atoms with E-state index in [1.165, 1.54) is 44.3 Å². The van der Waals surface area contributed by atoms with Crippen molar-refractivity contribution in [1.82, 2.24) is 5.32 Å². The van der Waals surface area contributed by atoms with Gasteiger partial charge in [0.05, 0.1) is 0 Å². The highest BCUT2D eigenvalue weighted by atomic mass is 32.2. The average Bonchev–Trinajstić information content (AvgIpc) is 2.74. The van der Waals surface area contributed by atoms with Crippen LogP contribution in [0.2, 0.25) is 0 Å². The predicted molar refractivity (Wildman–Crippen MR) is 67.5 cm³/mol. The Morgan fingerprint density at radius 1 is 1.25 bits per heavy atom. The van der Waals surface area contributed by atoms with Gasteiger partial charge in [0.15, 0.2) is 0 Å². The number of hydrogen-bond acceptors (Lipinski definition) is 2. The van der Waals surface area contributed by atoms with Crippen molar-refractivity contribution in [1.29, 1.82) is 0 Å². The second-order valence-electron chi connectivity index (χ2n) is 5.79. The van der Waals surface area contributed by atoms with E-state index in [0.717, 1.165) is 6.42 Å². The minimum Gasteiger partial charge on any atom is -0.350 e. The lowest BCUT2D eigenvalue weighted by molar-refractivity contribution is -0.120. The normalized spacial score (nSPS) is 41.8. The molecule has 0 aromatic heterocycles. The van der Waals surface area contributed by atoms with Crippen LogP contribution in [0.3, 0.4) is 0 Å². The Balaban J connectivity index is 1.98. The van der Waals surface area contributed by atoms with Gasteiger partial charge in [0.25, 0.3) is 0 Å². The Kier molecular flexibility index (Phi) is 2.50. The lowest BCUT2D eigenvalue weighted by Crippen LogP contribution is -2.55. The van der Waals surface area contributed by atoms with Crippen molar-refractivity contribution in [2.75, 3.05) is 5.75 Å². The predicted octanol–water partition coefficient (Wildman–Crippen LogP) is 2.72.